The predicted octanol–water partition coefficient (Wildman–Crippen LogP) is 4.73. The fraction of sp³-hybridized carbons (Fsp3) is 0.158. The number of rotatable bonds is 3. The lowest BCUT2D eigenvalue weighted by Gasteiger charge is -2.36. The van der Waals surface area contributed by atoms with E-state index in [9.17, 15) is 12.8 Å². The van der Waals surface area contributed by atoms with Gasteiger partial charge in [0.2, 0.25) is 10.0 Å². The number of benzene rings is 2. The molecule has 8 heteroatoms. The number of hydrogen-bond donors (Lipinski definition) is 0. The van der Waals surface area contributed by atoms with Crippen LogP contribution in [-0.4, -0.2) is 23.8 Å². The first-order chi connectivity index (χ1) is 12.9. The summed E-state index contributed by atoms with van der Waals surface area (Å²) in [5.41, 5.74) is 1.42. The molecule has 0 fully saturated rings. The van der Waals surface area contributed by atoms with Gasteiger partial charge >= 0.3 is 0 Å². The molecule has 0 saturated heterocycles. The van der Waals surface area contributed by atoms with Crippen molar-refractivity contribution in [3.05, 3.63) is 87.9 Å². The van der Waals surface area contributed by atoms with E-state index in [0.29, 0.717) is 22.2 Å². The largest absolute Gasteiger partial charge is 0.348 e. The van der Waals surface area contributed by atoms with Gasteiger partial charge in [0.15, 0.2) is 0 Å². The van der Waals surface area contributed by atoms with E-state index in [1.807, 2.05) is 22.9 Å². The van der Waals surface area contributed by atoms with Crippen LogP contribution in [0.1, 0.15) is 17.3 Å². The lowest BCUT2D eigenvalue weighted by molar-refractivity contribution is 0.298. The predicted molar refractivity (Wildman–Crippen MR) is 103 cm³/mol. The van der Waals surface area contributed by atoms with Crippen LogP contribution in [-0.2, 0) is 16.6 Å². The maximum atomic E-state index is 13.7. The highest BCUT2D eigenvalue weighted by atomic mass is 35.5. The molecule has 4 nitrogen and oxygen atoms in total. The molecule has 0 amide bonds. The smallest absolute Gasteiger partial charge is 0.244 e. The molecular weight excluding hydrogens is 410 g/mol. The molecule has 0 aliphatic carbocycles. The molecule has 0 saturated carbocycles. The lowest BCUT2D eigenvalue weighted by Crippen LogP contribution is -2.42. The first-order valence-electron chi connectivity index (χ1n) is 8.25. The van der Waals surface area contributed by atoms with Gasteiger partial charge in [-0.15, -0.1) is 0 Å². The highest BCUT2D eigenvalue weighted by Crippen LogP contribution is 2.40. The van der Waals surface area contributed by atoms with E-state index >= 15 is 0 Å². The Hall–Kier alpha value is -1.86. The average molecular weight is 425 g/mol. The van der Waals surface area contributed by atoms with Crippen LogP contribution >= 0.6 is 23.2 Å². The second kappa shape index (κ2) is 6.95. The maximum absolute atomic E-state index is 13.7. The molecule has 2 aromatic carbocycles. The summed E-state index contributed by atoms with van der Waals surface area (Å²) in [6.45, 7) is 0.739. The van der Waals surface area contributed by atoms with Crippen molar-refractivity contribution in [3.8, 4) is 0 Å². The summed E-state index contributed by atoms with van der Waals surface area (Å²) in [4.78, 5) is -0.0856. The molecule has 1 aliphatic rings. The van der Waals surface area contributed by atoms with Crippen molar-refractivity contribution in [2.24, 2.45) is 0 Å². The molecular formula is C19H15Cl2FN2O2S. The summed E-state index contributed by atoms with van der Waals surface area (Å²) in [5.74, 6) is -0.600. The molecule has 4 rings (SSSR count). The standard InChI is InChI=1S/C19H15Cl2FN2O2S/c20-13-6-7-16(17(21)11-13)19-18-5-2-8-23(18)9-10-24(19)27(25,26)15-4-1-3-14(22)12-15/h1-8,11-12,19H,9-10H2/t19-/m1/s1. The molecule has 0 unspecified atom stereocenters. The highest BCUT2D eigenvalue weighted by molar-refractivity contribution is 7.89. The van der Waals surface area contributed by atoms with E-state index in [1.165, 1.54) is 22.5 Å². The van der Waals surface area contributed by atoms with Crippen molar-refractivity contribution < 1.29 is 12.8 Å². The van der Waals surface area contributed by atoms with Gasteiger partial charge in [-0.05, 0) is 48.0 Å². The first kappa shape index (κ1) is 18.5. The Bertz CT molecular complexity index is 1110. The molecule has 140 valence electrons. The van der Waals surface area contributed by atoms with E-state index in [0.717, 1.165) is 11.8 Å². The Morgan fingerprint density at radius 2 is 1.81 bits per heavy atom. The summed E-state index contributed by atoms with van der Waals surface area (Å²) >= 11 is 12.4. The van der Waals surface area contributed by atoms with E-state index in [4.69, 9.17) is 23.2 Å². The van der Waals surface area contributed by atoms with Crippen molar-refractivity contribution in [2.75, 3.05) is 6.54 Å². The van der Waals surface area contributed by atoms with Gasteiger partial charge in [-0.25, -0.2) is 12.8 Å². The minimum atomic E-state index is -3.94. The van der Waals surface area contributed by atoms with Gasteiger partial charge in [-0.1, -0.05) is 35.3 Å². The number of hydrogen-bond acceptors (Lipinski definition) is 2. The minimum absolute atomic E-state index is 0.0856. The summed E-state index contributed by atoms with van der Waals surface area (Å²) in [7, 11) is -3.94. The molecule has 3 aromatic rings. The zero-order chi connectivity index (χ0) is 19.2. The van der Waals surface area contributed by atoms with Gasteiger partial charge in [0.05, 0.1) is 10.9 Å². The Morgan fingerprint density at radius 1 is 1.00 bits per heavy atom. The molecule has 1 aromatic heterocycles. The van der Waals surface area contributed by atoms with Gasteiger partial charge in [0.1, 0.15) is 5.82 Å². The topological polar surface area (TPSA) is 42.3 Å². The van der Waals surface area contributed by atoms with Gasteiger partial charge in [0, 0.05) is 35.0 Å². The van der Waals surface area contributed by atoms with Crippen LogP contribution in [0.3, 0.4) is 0 Å². The van der Waals surface area contributed by atoms with Crippen molar-refractivity contribution in [2.45, 2.75) is 17.5 Å². The number of fused-ring (bicyclic) bond motifs is 1. The van der Waals surface area contributed by atoms with Crippen LogP contribution in [0.2, 0.25) is 10.0 Å². The van der Waals surface area contributed by atoms with Gasteiger partial charge in [-0.3, -0.25) is 0 Å². The summed E-state index contributed by atoms with van der Waals surface area (Å²) in [6.07, 6.45) is 1.90. The molecule has 0 spiro atoms. The SMILES string of the molecule is O=S(=O)(c1cccc(F)c1)N1CCn2cccc2[C@H]1c1ccc(Cl)cc1Cl. The van der Waals surface area contributed by atoms with Crippen molar-refractivity contribution in [3.63, 3.8) is 0 Å². The van der Waals surface area contributed by atoms with Crippen molar-refractivity contribution in [1.82, 2.24) is 8.87 Å². The Labute approximate surface area is 166 Å². The molecule has 1 atom stereocenters. The number of halogens is 3. The summed E-state index contributed by atoms with van der Waals surface area (Å²) < 4.78 is 43.6. The second-order valence-corrected chi connectivity index (χ2v) is 9.00. The molecule has 2 heterocycles. The third-order valence-corrected chi connectivity index (χ3v) is 7.08. The zero-order valence-corrected chi connectivity index (χ0v) is 16.3. The highest BCUT2D eigenvalue weighted by Gasteiger charge is 2.38. The fourth-order valence-electron chi connectivity index (χ4n) is 3.42. The Morgan fingerprint density at radius 3 is 2.56 bits per heavy atom. The van der Waals surface area contributed by atoms with Crippen LogP contribution in [0.4, 0.5) is 4.39 Å². The molecule has 0 bridgehead atoms. The number of aromatic nitrogens is 1. The van der Waals surface area contributed by atoms with Gasteiger partial charge in [0.25, 0.3) is 0 Å². The van der Waals surface area contributed by atoms with E-state index in [2.05, 4.69) is 0 Å². The zero-order valence-electron chi connectivity index (χ0n) is 14.0. The van der Waals surface area contributed by atoms with Crippen LogP contribution in [0.15, 0.2) is 65.7 Å². The molecule has 27 heavy (non-hydrogen) atoms. The average Bonchev–Trinajstić information content (AvgIpc) is 3.10. The van der Waals surface area contributed by atoms with Crippen LogP contribution in [0.25, 0.3) is 0 Å². The third kappa shape index (κ3) is 3.27. The lowest BCUT2D eigenvalue weighted by atomic mass is 10.0. The molecule has 1 aliphatic heterocycles. The van der Waals surface area contributed by atoms with Gasteiger partial charge in [-0.2, -0.15) is 4.31 Å². The maximum Gasteiger partial charge on any atom is 0.244 e. The van der Waals surface area contributed by atoms with Crippen LogP contribution in [0, 0.1) is 5.82 Å². The fourth-order valence-corrected chi connectivity index (χ4v) is 5.54. The first-order valence-corrected chi connectivity index (χ1v) is 10.4. The van der Waals surface area contributed by atoms with Crippen LogP contribution in [0.5, 0.6) is 0 Å². The Kier molecular flexibility index (Phi) is 4.76. The monoisotopic (exact) mass is 424 g/mol. The molecule has 0 radical (unpaired) electrons. The summed E-state index contributed by atoms with van der Waals surface area (Å²) in [6, 6.07) is 13.1. The van der Waals surface area contributed by atoms with Crippen molar-refractivity contribution in [1.29, 1.82) is 0 Å². The second-order valence-electron chi connectivity index (χ2n) is 6.27. The van der Waals surface area contributed by atoms with E-state index in [1.54, 1.807) is 18.2 Å². The Balaban J connectivity index is 1.89. The van der Waals surface area contributed by atoms with E-state index in [-0.39, 0.29) is 11.4 Å². The number of sulfonamides is 1. The van der Waals surface area contributed by atoms with Gasteiger partial charge < -0.3 is 4.57 Å². The van der Waals surface area contributed by atoms with Crippen molar-refractivity contribution >= 4 is 33.2 Å². The number of nitrogens with zero attached hydrogens (tertiary/aromatic N) is 2. The third-order valence-electron chi connectivity index (χ3n) is 4.65. The normalized spacial score (nSPS) is 17.7. The minimum Gasteiger partial charge on any atom is -0.348 e. The quantitative estimate of drug-likeness (QED) is 0.609. The van der Waals surface area contributed by atoms with Crippen LogP contribution < -0.4 is 0 Å². The molecule has 0 N–H and O–H groups in total. The van der Waals surface area contributed by atoms with E-state index < -0.39 is 21.9 Å². The summed E-state index contributed by atoms with van der Waals surface area (Å²) in [5, 5.41) is 0.844.